The van der Waals surface area contributed by atoms with Gasteiger partial charge >= 0.3 is 0 Å². The van der Waals surface area contributed by atoms with Gasteiger partial charge in [-0.05, 0) is 31.4 Å². The van der Waals surface area contributed by atoms with E-state index in [1.54, 1.807) is 48.8 Å². The molecule has 0 aliphatic rings. The molecule has 27 heavy (non-hydrogen) atoms. The normalized spacial score (nSPS) is 11.0. The second kappa shape index (κ2) is 10.2. The van der Waals surface area contributed by atoms with E-state index in [1.165, 1.54) is 12.1 Å². The molecule has 0 radical (unpaired) electrons. The molecule has 0 unspecified atom stereocenters. The molecule has 2 aromatic rings. The van der Waals surface area contributed by atoms with Crippen molar-refractivity contribution in [2.24, 2.45) is 10.2 Å². The summed E-state index contributed by atoms with van der Waals surface area (Å²) in [5.41, 5.74) is 5.88. The number of hydrazone groups is 2. The minimum atomic E-state index is -0.474. The maximum Gasteiger partial charge on any atom is 0.294 e. The zero-order valence-corrected chi connectivity index (χ0v) is 14.3. The Morgan fingerprint density at radius 1 is 0.778 bits per heavy atom. The molecule has 2 aromatic carbocycles. The van der Waals surface area contributed by atoms with E-state index in [4.69, 9.17) is 0 Å². The van der Waals surface area contributed by atoms with E-state index in [0.29, 0.717) is 24.2 Å². The first kappa shape index (κ1) is 19.5. The summed E-state index contributed by atoms with van der Waals surface area (Å²) >= 11 is 0. The number of nitrogens with one attached hydrogen (secondary N) is 2. The second-order valence-corrected chi connectivity index (χ2v) is 5.33. The van der Waals surface area contributed by atoms with Gasteiger partial charge in [-0.1, -0.05) is 24.3 Å². The Kier molecular flexibility index (Phi) is 7.39. The lowest BCUT2D eigenvalue weighted by Crippen LogP contribution is -1.96. The summed E-state index contributed by atoms with van der Waals surface area (Å²) in [6.45, 7) is 0. The first-order valence-corrected chi connectivity index (χ1v) is 8.11. The molecule has 0 saturated carbocycles. The van der Waals surface area contributed by atoms with Crippen LogP contribution in [0.3, 0.4) is 0 Å². The van der Waals surface area contributed by atoms with Crippen molar-refractivity contribution in [3.05, 3.63) is 68.8 Å². The minimum absolute atomic E-state index is 0.0390. The van der Waals surface area contributed by atoms with Crippen molar-refractivity contribution in [1.29, 1.82) is 0 Å². The van der Waals surface area contributed by atoms with Gasteiger partial charge < -0.3 is 0 Å². The van der Waals surface area contributed by atoms with Crippen molar-refractivity contribution in [1.82, 2.24) is 0 Å². The molecule has 0 fully saturated rings. The zero-order valence-electron chi connectivity index (χ0n) is 14.3. The van der Waals surface area contributed by atoms with Crippen LogP contribution in [-0.4, -0.2) is 22.3 Å². The highest BCUT2D eigenvalue weighted by molar-refractivity contribution is 5.66. The number of unbranched alkanes of at least 4 members (excludes halogenated alkanes) is 2. The maximum absolute atomic E-state index is 10.9. The van der Waals surface area contributed by atoms with Crippen molar-refractivity contribution >= 4 is 35.2 Å². The quantitative estimate of drug-likeness (QED) is 0.279. The molecule has 0 amide bonds. The molecule has 140 valence electrons. The van der Waals surface area contributed by atoms with Gasteiger partial charge in [0, 0.05) is 24.6 Å². The van der Waals surface area contributed by atoms with E-state index in [0.717, 1.165) is 6.42 Å². The van der Waals surface area contributed by atoms with Crippen LogP contribution in [0, 0.1) is 20.2 Å². The molecule has 0 aliphatic heterocycles. The van der Waals surface area contributed by atoms with Gasteiger partial charge in [-0.2, -0.15) is 10.2 Å². The summed E-state index contributed by atoms with van der Waals surface area (Å²) in [4.78, 5) is 20.8. The summed E-state index contributed by atoms with van der Waals surface area (Å²) in [6.07, 6.45) is 5.29. The number of anilines is 2. The van der Waals surface area contributed by atoms with Crippen LogP contribution in [0.25, 0.3) is 0 Å². The molecular formula is C17H18N6O4. The van der Waals surface area contributed by atoms with Crippen molar-refractivity contribution < 1.29 is 9.85 Å². The molecule has 10 heteroatoms. The van der Waals surface area contributed by atoms with Crippen molar-refractivity contribution in [3.8, 4) is 0 Å². The van der Waals surface area contributed by atoms with Gasteiger partial charge in [0.05, 0.1) is 9.85 Å². The summed E-state index contributed by atoms with van der Waals surface area (Å²) < 4.78 is 0. The van der Waals surface area contributed by atoms with Crippen LogP contribution in [0.15, 0.2) is 58.7 Å². The van der Waals surface area contributed by atoms with Crippen LogP contribution in [0.4, 0.5) is 22.7 Å². The molecule has 0 aliphatic carbocycles. The van der Waals surface area contributed by atoms with E-state index in [1.807, 2.05) is 0 Å². The highest BCUT2D eigenvalue weighted by atomic mass is 16.6. The first-order valence-electron chi connectivity index (χ1n) is 8.11. The predicted octanol–water partition coefficient (Wildman–Crippen LogP) is 4.17. The zero-order chi connectivity index (χ0) is 19.5. The molecule has 0 saturated heterocycles. The van der Waals surface area contributed by atoms with E-state index < -0.39 is 9.85 Å². The average molecular weight is 370 g/mol. The molecule has 2 rings (SSSR count). The Bertz CT molecular complexity index is 783. The Balaban J connectivity index is 1.71. The van der Waals surface area contributed by atoms with Crippen LogP contribution in [0.1, 0.15) is 19.3 Å². The fraction of sp³-hybridized carbons (Fsp3) is 0.176. The summed E-state index contributed by atoms with van der Waals surface area (Å²) in [6, 6.07) is 12.5. The lowest BCUT2D eigenvalue weighted by Gasteiger charge is -2.01. The fourth-order valence-corrected chi connectivity index (χ4v) is 2.11. The van der Waals surface area contributed by atoms with Gasteiger partial charge in [0.2, 0.25) is 0 Å². The lowest BCUT2D eigenvalue weighted by atomic mass is 10.2. The number of hydrogen-bond donors (Lipinski definition) is 2. The fourth-order valence-electron chi connectivity index (χ4n) is 2.11. The standard InChI is InChI=1S/C17H18N6O4/c24-22(25)16-10-4-2-8-14(16)20-18-12-6-1-7-13-19-21-15-9-3-5-11-17(15)23(26)27/h2-5,8-13,20-21H,1,6-7H2/b18-12-,19-13-. The second-order valence-electron chi connectivity index (χ2n) is 5.33. The van der Waals surface area contributed by atoms with Crippen LogP contribution in [-0.2, 0) is 0 Å². The maximum atomic E-state index is 10.9. The number of nitro groups is 2. The molecule has 2 N–H and O–H groups in total. The molecule has 0 atom stereocenters. The van der Waals surface area contributed by atoms with Gasteiger partial charge in [-0.3, -0.25) is 31.1 Å². The van der Waals surface area contributed by atoms with Crippen LogP contribution < -0.4 is 10.9 Å². The van der Waals surface area contributed by atoms with Crippen LogP contribution >= 0.6 is 0 Å². The number of para-hydroxylation sites is 4. The smallest absolute Gasteiger partial charge is 0.272 e. The molecule has 0 spiro atoms. The largest absolute Gasteiger partial charge is 0.294 e. The van der Waals surface area contributed by atoms with Gasteiger partial charge in [0.25, 0.3) is 11.4 Å². The van der Waals surface area contributed by atoms with Crippen LogP contribution in [0.2, 0.25) is 0 Å². The Labute approximate surface area is 154 Å². The van der Waals surface area contributed by atoms with Gasteiger partial charge in [0.15, 0.2) is 0 Å². The summed E-state index contributed by atoms with van der Waals surface area (Å²) in [5, 5.41) is 29.7. The van der Waals surface area contributed by atoms with E-state index in [2.05, 4.69) is 21.1 Å². The lowest BCUT2D eigenvalue weighted by molar-refractivity contribution is -0.384. The van der Waals surface area contributed by atoms with Crippen molar-refractivity contribution in [3.63, 3.8) is 0 Å². The molecular weight excluding hydrogens is 352 g/mol. The number of rotatable bonds is 10. The van der Waals surface area contributed by atoms with E-state index >= 15 is 0 Å². The average Bonchev–Trinajstić information content (AvgIpc) is 2.67. The third-order valence-electron chi connectivity index (χ3n) is 3.42. The van der Waals surface area contributed by atoms with E-state index in [-0.39, 0.29) is 11.4 Å². The molecule has 0 bridgehead atoms. The summed E-state index contributed by atoms with van der Waals surface area (Å²) in [7, 11) is 0. The monoisotopic (exact) mass is 370 g/mol. The SMILES string of the molecule is O=[N+]([O-])c1ccccc1N/N=C\CCC/C=N\Nc1ccccc1[N+](=O)[O-]. The Morgan fingerprint density at radius 3 is 1.59 bits per heavy atom. The van der Waals surface area contributed by atoms with Crippen molar-refractivity contribution in [2.45, 2.75) is 19.3 Å². The Hall–Kier alpha value is -3.82. The number of hydrogen-bond acceptors (Lipinski definition) is 8. The molecule has 0 heterocycles. The number of nitro benzene ring substituents is 2. The highest BCUT2D eigenvalue weighted by Crippen LogP contribution is 2.23. The molecule has 10 nitrogen and oxygen atoms in total. The minimum Gasteiger partial charge on any atom is -0.272 e. The third kappa shape index (κ3) is 6.20. The number of benzene rings is 2. The highest BCUT2D eigenvalue weighted by Gasteiger charge is 2.11. The molecule has 0 aromatic heterocycles. The first-order chi connectivity index (χ1) is 13.1. The van der Waals surface area contributed by atoms with Gasteiger partial charge in [0.1, 0.15) is 11.4 Å². The van der Waals surface area contributed by atoms with Gasteiger partial charge in [-0.25, -0.2) is 0 Å². The van der Waals surface area contributed by atoms with Crippen molar-refractivity contribution in [2.75, 3.05) is 10.9 Å². The third-order valence-corrected chi connectivity index (χ3v) is 3.42. The van der Waals surface area contributed by atoms with E-state index in [9.17, 15) is 20.2 Å². The number of nitrogens with zero attached hydrogens (tertiary/aromatic N) is 4. The topological polar surface area (TPSA) is 135 Å². The summed E-state index contributed by atoms with van der Waals surface area (Å²) in [5.74, 6) is 0. The Morgan fingerprint density at radius 2 is 1.19 bits per heavy atom. The van der Waals surface area contributed by atoms with Crippen LogP contribution in [0.5, 0.6) is 0 Å². The predicted molar refractivity (Wildman–Crippen MR) is 104 cm³/mol. The van der Waals surface area contributed by atoms with Gasteiger partial charge in [-0.15, -0.1) is 0 Å².